The number of amides is 1. The Kier molecular flexibility index (Phi) is 8.76. The number of likely N-dealkylation sites (tertiary alicyclic amines) is 1. The van der Waals surface area contributed by atoms with Crippen LogP contribution in [0.3, 0.4) is 0 Å². The maximum Gasteiger partial charge on any atom is 0.224 e. The molecule has 0 saturated carbocycles. The lowest BCUT2D eigenvalue weighted by molar-refractivity contribution is -0.117. The molecule has 0 spiro atoms. The third-order valence-corrected chi connectivity index (χ3v) is 9.70. The van der Waals surface area contributed by atoms with Gasteiger partial charge in [-0.2, -0.15) is 5.10 Å². The first-order valence-electron chi connectivity index (χ1n) is 17.1. The number of carbonyl (C=O) groups is 1. The Labute approximate surface area is 283 Å². The van der Waals surface area contributed by atoms with Crippen LogP contribution in [0.2, 0.25) is 0 Å². The minimum absolute atomic E-state index is 0.0183. The van der Waals surface area contributed by atoms with Crippen molar-refractivity contribution in [3.05, 3.63) is 79.0 Å². The molecular formula is C38H39FN8O2. The van der Waals surface area contributed by atoms with Gasteiger partial charge < -0.3 is 20.4 Å². The Morgan fingerprint density at radius 1 is 0.959 bits per heavy atom. The fraction of sp³-hybridized carbons (Fsp3) is 0.316. The zero-order chi connectivity index (χ0) is 33.2. The van der Waals surface area contributed by atoms with Crippen LogP contribution in [0.15, 0.2) is 73.2 Å². The number of nitrogens with one attached hydrogen (secondary N) is 4. The number of ether oxygens (including phenoxy) is 1. The highest BCUT2D eigenvalue weighted by molar-refractivity contribution is 6.01. The number of hydrogen-bond donors (Lipinski definition) is 4. The number of aromatic nitrogens is 5. The molecule has 6 heterocycles. The van der Waals surface area contributed by atoms with E-state index in [9.17, 15) is 9.18 Å². The maximum atomic E-state index is 14.8. The number of halogens is 1. The zero-order valence-corrected chi connectivity index (χ0v) is 27.3. The Bertz CT molecular complexity index is 2110. The summed E-state index contributed by atoms with van der Waals surface area (Å²) in [6.45, 7) is 5.47. The number of anilines is 1. The molecule has 0 atom stereocenters. The number of benzene rings is 2. The van der Waals surface area contributed by atoms with Gasteiger partial charge in [0.2, 0.25) is 5.91 Å². The number of H-pyrrole nitrogens is 2. The number of rotatable bonds is 10. The van der Waals surface area contributed by atoms with Crippen molar-refractivity contribution in [3.63, 3.8) is 0 Å². The second-order valence-corrected chi connectivity index (χ2v) is 13.1. The molecule has 2 aliphatic rings. The Hall–Kier alpha value is -5.13. The summed E-state index contributed by atoms with van der Waals surface area (Å²) in [6.07, 6.45) is 10.2. The van der Waals surface area contributed by atoms with Crippen molar-refractivity contribution in [2.24, 2.45) is 5.92 Å². The topological polar surface area (TPSA) is 124 Å². The Morgan fingerprint density at radius 2 is 1.84 bits per heavy atom. The molecule has 49 heavy (non-hydrogen) atoms. The summed E-state index contributed by atoms with van der Waals surface area (Å²) in [5.41, 5.74) is 7.17. The molecule has 0 bridgehead atoms. The number of nitrogens with zero attached hydrogens (tertiary/aromatic N) is 4. The van der Waals surface area contributed by atoms with Gasteiger partial charge in [-0.3, -0.25) is 19.8 Å². The predicted octanol–water partition coefficient (Wildman–Crippen LogP) is 6.78. The molecule has 2 fully saturated rings. The lowest BCUT2D eigenvalue weighted by atomic mass is 9.94. The van der Waals surface area contributed by atoms with Gasteiger partial charge in [-0.15, -0.1) is 0 Å². The standard InChI is InChI=1S/C38H39FN8O2/c39-28-16-26(18-30(20-28)49-14-13-47-11-1-2-12-47)31-7-10-42-38-32(31)21-35(44-38)37-33-19-25(3-4-34(33)45-46-37)27-17-29(23-41-22-27)43-36(48)15-24-5-8-40-9-6-24/h3-4,7,10,16-24,40H,1-2,5-6,8-9,11-15H2,(H,42,44)(H,43,48)(H,45,46). The van der Waals surface area contributed by atoms with Crippen molar-refractivity contribution in [3.8, 4) is 39.4 Å². The van der Waals surface area contributed by atoms with Crippen molar-refractivity contribution >= 4 is 33.5 Å². The first kappa shape index (κ1) is 31.2. The van der Waals surface area contributed by atoms with Crippen LogP contribution in [0.25, 0.3) is 55.6 Å². The molecule has 1 amide bonds. The molecule has 0 unspecified atom stereocenters. The van der Waals surface area contributed by atoms with E-state index in [0.29, 0.717) is 36.0 Å². The van der Waals surface area contributed by atoms with Crippen LogP contribution < -0.4 is 15.4 Å². The zero-order valence-electron chi connectivity index (χ0n) is 27.3. The average Bonchev–Trinajstić information content (AvgIpc) is 3.88. The molecule has 4 N–H and O–H groups in total. The first-order valence-corrected chi connectivity index (χ1v) is 17.1. The number of carbonyl (C=O) groups excluding carboxylic acids is 1. The van der Waals surface area contributed by atoms with Crippen molar-refractivity contribution in [2.45, 2.75) is 32.1 Å². The molecule has 6 aromatic rings. The summed E-state index contributed by atoms with van der Waals surface area (Å²) in [6, 6.07) is 16.8. The minimum atomic E-state index is -0.347. The fourth-order valence-electron chi connectivity index (χ4n) is 7.13. The molecular weight excluding hydrogens is 619 g/mol. The predicted molar refractivity (Wildman–Crippen MR) is 190 cm³/mol. The highest BCUT2D eigenvalue weighted by Gasteiger charge is 2.19. The summed E-state index contributed by atoms with van der Waals surface area (Å²) < 4.78 is 20.8. The van der Waals surface area contributed by atoms with Crippen molar-refractivity contribution < 1.29 is 13.9 Å². The normalized spacial score (nSPS) is 15.7. The van der Waals surface area contributed by atoms with Crippen LogP contribution in [0.4, 0.5) is 10.1 Å². The van der Waals surface area contributed by atoms with Gasteiger partial charge in [0, 0.05) is 47.8 Å². The van der Waals surface area contributed by atoms with E-state index in [1.807, 2.05) is 36.4 Å². The van der Waals surface area contributed by atoms with Crippen molar-refractivity contribution in [1.29, 1.82) is 0 Å². The molecule has 10 nitrogen and oxygen atoms in total. The fourth-order valence-corrected chi connectivity index (χ4v) is 7.13. The lowest BCUT2D eigenvalue weighted by Gasteiger charge is -2.21. The first-order chi connectivity index (χ1) is 24.1. The smallest absolute Gasteiger partial charge is 0.224 e. The molecule has 11 heteroatoms. The molecule has 4 aromatic heterocycles. The second kappa shape index (κ2) is 13.8. The minimum Gasteiger partial charge on any atom is -0.492 e. The van der Waals surface area contributed by atoms with Crippen molar-refractivity contribution in [2.75, 3.05) is 44.6 Å². The Balaban J connectivity index is 1.05. The van der Waals surface area contributed by atoms with E-state index >= 15 is 0 Å². The molecule has 0 radical (unpaired) electrons. The van der Waals surface area contributed by atoms with Gasteiger partial charge in [0.05, 0.1) is 23.1 Å². The SMILES string of the molecule is O=C(CC1CCNCC1)Nc1cncc(-c2ccc3[nH]nc(-c4cc5c(-c6cc(F)cc(OCCN7CCCC7)c6)ccnc5[nH]4)c3c2)c1. The summed E-state index contributed by atoms with van der Waals surface area (Å²) in [5.74, 6) is 0.593. The van der Waals surface area contributed by atoms with Gasteiger partial charge in [-0.25, -0.2) is 9.37 Å². The number of aromatic amines is 2. The highest BCUT2D eigenvalue weighted by Crippen LogP contribution is 2.36. The van der Waals surface area contributed by atoms with Gasteiger partial charge in [0.1, 0.15) is 29.5 Å². The van der Waals surface area contributed by atoms with Crippen LogP contribution in [-0.2, 0) is 4.79 Å². The number of pyridine rings is 2. The van der Waals surface area contributed by atoms with E-state index in [1.54, 1.807) is 18.6 Å². The third kappa shape index (κ3) is 6.90. The van der Waals surface area contributed by atoms with Crippen LogP contribution in [0, 0.1) is 11.7 Å². The van der Waals surface area contributed by atoms with E-state index in [4.69, 9.17) is 4.74 Å². The molecule has 250 valence electrons. The van der Waals surface area contributed by atoms with E-state index in [2.05, 4.69) is 46.7 Å². The van der Waals surface area contributed by atoms with E-state index in [0.717, 1.165) is 95.5 Å². The summed E-state index contributed by atoms with van der Waals surface area (Å²) in [5, 5.41) is 16.0. The van der Waals surface area contributed by atoms with Crippen LogP contribution in [-0.4, -0.2) is 75.3 Å². The maximum absolute atomic E-state index is 14.8. The largest absolute Gasteiger partial charge is 0.492 e. The van der Waals surface area contributed by atoms with Crippen LogP contribution in [0.5, 0.6) is 5.75 Å². The van der Waals surface area contributed by atoms with Gasteiger partial charge >= 0.3 is 0 Å². The lowest BCUT2D eigenvalue weighted by Crippen LogP contribution is -2.30. The molecule has 2 aromatic carbocycles. The quantitative estimate of drug-likeness (QED) is 0.128. The summed E-state index contributed by atoms with van der Waals surface area (Å²) in [7, 11) is 0. The monoisotopic (exact) mass is 658 g/mol. The summed E-state index contributed by atoms with van der Waals surface area (Å²) in [4.78, 5) is 27.6. The third-order valence-electron chi connectivity index (χ3n) is 9.70. The van der Waals surface area contributed by atoms with Gasteiger partial charge in [0.25, 0.3) is 0 Å². The Morgan fingerprint density at radius 3 is 2.71 bits per heavy atom. The average molecular weight is 659 g/mol. The molecule has 2 aliphatic heterocycles. The number of piperidine rings is 1. The van der Waals surface area contributed by atoms with Crippen LogP contribution in [0.1, 0.15) is 32.1 Å². The number of fused-ring (bicyclic) bond motifs is 2. The number of hydrogen-bond acceptors (Lipinski definition) is 7. The molecule has 8 rings (SSSR count). The van der Waals surface area contributed by atoms with Gasteiger partial charge in [-0.1, -0.05) is 6.07 Å². The van der Waals surface area contributed by atoms with Crippen LogP contribution >= 0.6 is 0 Å². The van der Waals surface area contributed by atoms with Gasteiger partial charge in [-0.05, 0) is 117 Å². The second-order valence-electron chi connectivity index (χ2n) is 13.1. The summed E-state index contributed by atoms with van der Waals surface area (Å²) >= 11 is 0. The highest BCUT2D eigenvalue weighted by atomic mass is 19.1. The molecule has 2 saturated heterocycles. The van der Waals surface area contributed by atoms with Gasteiger partial charge in [0.15, 0.2) is 0 Å². The van der Waals surface area contributed by atoms with E-state index in [-0.39, 0.29) is 11.7 Å². The van der Waals surface area contributed by atoms with E-state index < -0.39 is 0 Å². The van der Waals surface area contributed by atoms with E-state index in [1.165, 1.54) is 25.0 Å². The van der Waals surface area contributed by atoms with Crippen molar-refractivity contribution in [1.82, 2.24) is 35.4 Å². The molecule has 0 aliphatic carbocycles.